The Bertz CT molecular complexity index is 602. The van der Waals surface area contributed by atoms with Crippen LogP contribution in [0, 0.1) is 11.3 Å². The van der Waals surface area contributed by atoms with Gasteiger partial charge in [-0.25, -0.2) is 0 Å². The zero-order valence-electron chi connectivity index (χ0n) is 8.14. The summed E-state index contributed by atoms with van der Waals surface area (Å²) in [5, 5.41) is 11.5. The number of nitrogens with zero attached hydrogens (tertiary/aromatic N) is 1. The van der Waals surface area contributed by atoms with Crippen molar-refractivity contribution in [3.05, 3.63) is 53.6 Å². The Hall–Kier alpha value is -2.07. The summed E-state index contributed by atoms with van der Waals surface area (Å²) in [7, 11) is 0. The Morgan fingerprint density at radius 3 is 2.80 bits per heavy atom. The lowest BCUT2D eigenvalue weighted by Crippen LogP contribution is -1.91. The number of fused-ring (bicyclic) bond motifs is 3. The van der Waals surface area contributed by atoms with Crippen LogP contribution in [0.25, 0.3) is 16.8 Å². The van der Waals surface area contributed by atoms with Crippen molar-refractivity contribution >= 4 is 16.8 Å². The molecule has 0 aromatic heterocycles. The van der Waals surface area contributed by atoms with E-state index in [1.54, 1.807) is 0 Å². The second-order valence-corrected chi connectivity index (χ2v) is 3.76. The first-order valence-corrected chi connectivity index (χ1v) is 4.99. The largest absolute Gasteiger partial charge is 0.197 e. The van der Waals surface area contributed by atoms with Gasteiger partial charge in [-0.3, -0.25) is 0 Å². The number of nitriles is 1. The molecule has 70 valence electrons. The lowest BCUT2D eigenvalue weighted by atomic mass is 9.95. The van der Waals surface area contributed by atoms with Gasteiger partial charge in [0.1, 0.15) is 0 Å². The third-order valence-corrected chi connectivity index (χ3v) is 2.92. The summed E-state index contributed by atoms with van der Waals surface area (Å²) in [6.07, 6.45) is 4.01. The van der Waals surface area contributed by atoms with Crippen LogP contribution in [-0.4, -0.2) is 0 Å². The fraction of sp³-hybridized carbons (Fsp3) is 0.0714. The van der Waals surface area contributed by atoms with Crippen molar-refractivity contribution < 1.29 is 0 Å². The Labute approximate surface area is 88.3 Å². The molecule has 0 amide bonds. The molecule has 0 heterocycles. The van der Waals surface area contributed by atoms with Crippen LogP contribution < -0.4 is 0 Å². The third kappa shape index (κ3) is 1.08. The lowest BCUT2D eigenvalue weighted by molar-refractivity contribution is 1.14. The maximum Gasteiger partial charge on any atom is 0.0908 e. The lowest BCUT2D eigenvalue weighted by Gasteiger charge is -2.07. The van der Waals surface area contributed by atoms with Gasteiger partial charge >= 0.3 is 0 Å². The molecule has 0 radical (unpaired) electrons. The van der Waals surface area contributed by atoms with Crippen molar-refractivity contribution in [1.29, 1.82) is 5.26 Å². The number of benzene rings is 2. The summed E-state index contributed by atoms with van der Waals surface area (Å²) >= 11 is 0. The van der Waals surface area contributed by atoms with Crippen LogP contribution in [-0.2, 0) is 0 Å². The van der Waals surface area contributed by atoms with Crippen molar-refractivity contribution in [2.75, 3.05) is 0 Å². The van der Waals surface area contributed by atoms with Crippen molar-refractivity contribution in [1.82, 2.24) is 0 Å². The summed E-state index contributed by atoms with van der Waals surface area (Å²) in [5.41, 5.74) is 2.34. The van der Waals surface area contributed by atoms with E-state index in [1.165, 1.54) is 16.3 Å². The van der Waals surface area contributed by atoms with Crippen LogP contribution in [0.4, 0.5) is 0 Å². The number of hydrogen-bond acceptors (Lipinski definition) is 1. The molecule has 3 rings (SSSR count). The molecule has 0 saturated carbocycles. The fourth-order valence-corrected chi connectivity index (χ4v) is 2.21. The van der Waals surface area contributed by atoms with E-state index in [0.717, 1.165) is 5.56 Å². The van der Waals surface area contributed by atoms with E-state index in [0.29, 0.717) is 0 Å². The van der Waals surface area contributed by atoms with E-state index in [4.69, 9.17) is 5.26 Å². The smallest absolute Gasteiger partial charge is 0.0908 e. The van der Waals surface area contributed by atoms with Crippen LogP contribution >= 0.6 is 0 Å². The Morgan fingerprint density at radius 2 is 1.93 bits per heavy atom. The van der Waals surface area contributed by atoms with E-state index >= 15 is 0 Å². The molecule has 1 nitrogen and oxygen atoms in total. The molecule has 0 saturated heterocycles. The highest BCUT2D eigenvalue weighted by Crippen LogP contribution is 2.35. The first-order chi connectivity index (χ1) is 7.40. The van der Waals surface area contributed by atoms with Crippen LogP contribution in [0.1, 0.15) is 17.0 Å². The monoisotopic (exact) mass is 191 g/mol. The molecule has 0 bridgehead atoms. The maximum absolute atomic E-state index is 9.07. The van der Waals surface area contributed by atoms with Crippen LogP contribution in [0.3, 0.4) is 0 Å². The van der Waals surface area contributed by atoms with Gasteiger partial charge in [-0.05, 0) is 21.9 Å². The minimum absolute atomic E-state index is 0.0777. The second kappa shape index (κ2) is 2.96. The molecular formula is C14H9N. The first kappa shape index (κ1) is 8.26. The summed E-state index contributed by atoms with van der Waals surface area (Å²) in [5.74, 6) is -0.0777. The standard InChI is InChI=1S/C14H9N/c15-9-12-8-7-11-6-5-10-3-1-2-4-13(10)14(11)12/h1-8,12H. The molecule has 1 heteroatoms. The fourth-order valence-electron chi connectivity index (χ4n) is 2.21. The summed E-state index contributed by atoms with van der Waals surface area (Å²) in [4.78, 5) is 0. The van der Waals surface area contributed by atoms with Gasteiger partial charge in [0.15, 0.2) is 0 Å². The molecule has 15 heavy (non-hydrogen) atoms. The summed E-state index contributed by atoms with van der Waals surface area (Å²) in [6.45, 7) is 0. The SMILES string of the molecule is N#CC1C=Cc2ccc3ccccc3c21. The average molecular weight is 191 g/mol. The normalized spacial score (nSPS) is 17.7. The predicted molar refractivity (Wildman–Crippen MR) is 61.3 cm³/mol. The molecule has 0 aliphatic heterocycles. The minimum Gasteiger partial charge on any atom is -0.197 e. The van der Waals surface area contributed by atoms with Gasteiger partial charge in [0.25, 0.3) is 0 Å². The molecule has 1 unspecified atom stereocenters. The van der Waals surface area contributed by atoms with Gasteiger partial charge in [0.05, 0.1) is 12.0 Å². The molecule has 0 spiro atoms. The van der Waals surface area contributed by atoms with E-state index < -0.39 is 0 Å². The summed E-state index contributed by atoms with van der Waals surface area (Å²) in [6, 6.07) is 14.7. The Kier molecular flexibility index (Phi) is 1.63. The summed E-state index contributed by atoms with van der Waals surface area (Å²) < 4.78 is 0. The van der Waals surface area contributed by atoms with E-state index in [9.17, 15) is 0 Å². The highest BCUT2D eigenvalue weighted by molar-refractivity contribution is 5.91. The topological polar surface area (TPSA) is 23.8 Å². The average Bonchev–Trinajstić information content (AvgIpc) is 2.72. The van der Waals surface area contributed by atoms with E-state index in [1.807, 2.05) is 24.3 Å². The predicted octanol–water partition coefficient (Wildman–Crippen LogP) is 3.47. The number of hydrogen-bond donors (Lipinski definition) is 0. The van der Waals surface area contributed by atoms with Crippen molar-refractivity contribution in [2.45, 2.75) is 5.92 Å². The quantitative estimate of drug-likeness (QED) is 0.625. The second-order valence-electron chi connectivity index (χ2n) is 3.76. The molecule has 1 atom stereocenters. The maximum atomic E-state index is 9.07. The Morgan fingerprint density at radius 1 is 1.07 bits per heavy atom. The zero-order chi connectivity index (χ0) is 10.3. The minimum atomic E-state index is -0.0777. The van der Waals surface area contributed by atoms with Gasteiger partial charge < -0.3 is 0 Å². The van der Waals surface area contributed by atoms with Gasteiger partial charge in [-0.15, -0.1) is 0 Å². The third-order valence-electron chi connectivity index (χ3n) is 2.92. The van der Waals surface area contributed by atoms with E-state index in [2.05, 4.69) is 30.3 Å². The molecule has 0 N–H and O–H groups in total. The van der Waals surface area contributed by atoms with Crippen molar-refractivity contribution in [2.24, 2.45) is 0 Å². The highest BCUT2D eigenvalue weighted by atomic mass is 14.3. The van der Waals surface area contributed by atoms with Crippen LogP contribution in [0.5, 0.6) is 0 Å². The molecule has 2 aromatic rings. The van der Waals surface area contributed by atoms with Crippen LogP contribution in [0.15, 0.2) is 42.5 Å². The van der Waals surface area contributed by atoms with Gasteiger partial charge in [-0.2, -0.15) is 5.26 Å². The molecule has 1 aliphatic carbocycles. The highest BCUT2D eigenvalue weighted by Gasteiger charge is 2.18. The molecule has 0 fully saturated rings. The first-order valence-electron chi connectivity index (χ1n) is 4.99. The zero-order valence-corrected chi connectivity index (χ0v) is 8.14. The van der Waals surface area contributed by atoms with Crippen molar-refractivity contribution in [3.8, 4) is 6.07 Å². The Balaban J connectivity index is 2.41. The van der Waals surface area contributed by atoms with Crippen molar-refractivity contribution in [3.63, 3.8) is 0 Å². The van der Waals surface area contributed by atoms with Crippen LogP contribution in [0.2, 0.25) is 0 Å². The number of allylic oxidation sites excluding steroid dienone is 1. The van der Waals surface area contributed by atoms with Gasteiger partial charge in [-0.1, -0.05) is 48.6 Å². The number of rotatable bonds is 0. The molecule has 1 aliphatic rings. The van der Waals surface area contributed by atoms with E-state index in [-0.39, 0.29) is 5.92 Å². The molecule has 2 aromatic carbocycles. The molecular weight excluding hydrogens is 182 g/mol. The van der Waals surface area contributed by atoms with Gasteiger partial charge in [0, 0.05) is 0 Å². The van der Waals surface area contributed by atoms with Gasteiger partial charge in [0.2, 0.25) is 0 Å².